The molecule has 1 aromatic heterocycles. The highest BCUT2D eigenvalue weighted by Gasteiger charge is 2.01. The highest BCUT2D eigenvalue weighted by molar-refractivity contribution is 6.42. The van der Waals surface area contributed by atoms with Crippen molar-refractivity contribution in [3.8, 4) is 0 Å². The number of benzene rings is 1. The lowest BCUT2D eigenvalue weighted by molar-refractivity contribution is 0.403. The van der Waals surface area contributed by atoms with Gasteiger partial charge in [-0.25, -0.2) is 0 Å². The van der Waals surface area contributed by atoms with Crippen LogP contribution in [0.25, 0.3) is 0 Å². The molecule has 0 bridgehead atoms. The van der Waals surface area contributed by atoms with Crippen LogP contribution in [0, 0.1) is 0 Å². The first kappa shape index (κ1) is 14.5. The van der Waals surface area contributed by atoms with Gasteiger partial charge in [-0.15, -0.1) is 5.10 Å². The van der Waals surface area contributed by atoms with Gasteiger partial charge in [0, 0.05) is 18.0 Å². The fourth-order valence-electron chi connectivity index (χ4n) is 1.45. The summed E-state index contributed by atoms with van der Waals surface area (Å²) >= 11 is 11.8. The van der Waals surface area contributed by atoms with E-state index in [0.29, 0.717) is 15.9 Å². The lowest BCUT2D eigenvalue weighted by Gasteiger charge is -2.01. The molecule has 0 saturated carbocycles. The second-order valence-electron chi connectivity index (χ2n) is 3.76. The third-order valence-electron chi connectivity index (χ3n) is 2.42. The Hall–Kier alpha value is -1.91. The van der Waals surface area contributed by atoms with Gasteiger partial charge in [0.2, 0.25) is 5.90 Å². The molecule has 2 rings (SSSR count). The van der Waals surface area contributed by atoms with E-state index in [1.165, 1.54) is 7.11 Å². The Morgan fingerprint density at radius 3 is 2.55 bits per heavy atom. The average molecular weight is 308 g/mol. The summed E-state index contributed by atoms with van der Waals surface area (Å²) in [5, 5.41) is 8.97. The summed E-state index contributed by atoms with van der Waals surface area (Å²) < 4.78 is 5.18. The van der Waals surface area contributed by atoms with Gasteiger partial charge in [0.15, 0.2) is 0 Å². The van der Waals surface area contributed by atoms with E-state index in [1.807, 2.05) is 0 Å². The molecule has 0 aliphatic rings. The molecule has 6 heteroatoms. The molecular formula is C14H11Cl2N3O. The van der Waals surface area contributed by atoms with Crippen LogP contribution in [-0.4, -0.2) is 24.2 Å². The Morgan fingerprint density at radius 2 is 1.90 bits per heavy atom. The van der Waals surface area contributed by atoms with Gasteiger partial charge in [0.1, 0.15) is 0 Å². The summed E-state index contributed by atoms with van der Waals surface area (Å²) in [6.07, 6.45) is 4.89. The monoisotopic (exact) mass is 307 g/mol. The standard InChI is InChI=1S/C14H11Cl2N3O/c1-20-14(11-4-6-17-7-5-11)19-18-9-10-2-3-12(15)13(16)8-10/h2-9H,1H3/b18-9+,19-14+. The van der Waals surface area contributed by atoms with Crippen LogP contribution < -0.4 is 0 Å². The predicted octanol–water partition coefficient (Wildman–Crippen LogP) is 3.82. The van der Waals surface area contributed by atoms with Crippen molar-refractivity contribution in [2.45, 2.75) is 0 Å². The van der Waals surface area contributed by atoms with E-state index < -0.39 is 0 Å². The normalized spacial score (nSPS) is 11.8. The molecule has 0 aliphatic carbocycles. The van der Waals surface area contributed by atoms with Gasteiger partial charge >= 0.3 is 0 Å². The molecule has 1 aromatic carbocycles. The van der Waals surface area contributed by atoms with E-state index in [4.69, 9.17) is 27.9 Å². The Balaban J connectivity index is 2.18. The summed E-state index contributed by atoms with van der Waals surface area (Å²) in [6.45, 7) is 0. The molecule has 2 aromatic rings. The molecule has 1 heterocycles. The first-order valence-electron chi connectivity index (χ1n) is 5.71. The molecule has 102 valence electrons. The number of pyridine rings is 1. The Kier molecular flexibility index (Phi) is 5.09. The molecule has 0 amide bonds. The van der Waals surface area contributed by atoms with Gasteiger partial charge in [0.25, 0.3) is 0 Å². The van der Waals surface area contributed by atoms with Gasteiger partial charge in [-0.3, -0.25) is 4.98 Å². The van der Waals surface area contributed by atoms with E-state index in [9.17, 15) is 0 Å². The lowest BCUT2D eigenvalue weighted by Crippen LogP contribution is -2.02. The van der Waals surface area contributed by atoms with Gasteiger partial charge in [-0.05, 0) is 29.8 Å². The van der Waals surface area contributed by atoms with Crippen LogP contribution in [0.3, 0.4) is 0 Å². The molecule has 4 nitrogen and oxygen atoms in total. The first-order chi connectivity index (χ1) is 9.70. The largest absolute Gasteiger partial charge is 0.479 e. The van der Waals surface area contributed by atoms with Crippen LogP contribution in [0.1, 0.15) is 11.1 Å². The topological polar surface area (TPSA) is 46.8 Å². The fraction of sp³-hybridized carbons (Fsp3) is 0.0714. The molecular weight excluding hydrogens is 297 g/mol. The Bertz CT molecular complexity index is 642. The average Bonchev–Trinajstić information content (AvgIpc) is 2.48. The maximum absolute atomic E-state index is 5.92. The van der Waals surface area contributed by atoms with Crippen molar-refractivity contribution < 1.29 is 4.74 Å². The molecule has 0 spiro atoms. The highest BCUT2D eigenvalue weighted by Crippen LogP contribution is 2.21. The van der Waals surface area contributed by atoms with Crippen molar-refractivity contribution >= 4 is 35.3 Å². The third-order valence-corrected chi connectivity index (χ3v) is 3.16. The summed E-state index contributed by atoms with van der Waals surface area (Å²) in [6, 6.07) is 8.79. The molecule has 0 aliphatic heterocycles. The minimum Gasteiger partial charge on any atom is -0.479 e. The second kappa shape index (κ2) is 7.03. The number of methoxy groups -OCH3 is 1. The van der Waals surface area contributed by atoms with Gasteiger partial charge in [-0.2, -0.15) is 5.10 Å². The summed E-state index contributed by atoms with van der Waals surface area (Å²) in [5.74, 6) is 0.406. The van der Waals surface area contributed by atoms with Crippen molar-refractivity contribution in [2.75, 3.05) is 7.11 Å². The van der Waals surface area contributed by atoms with Crippen LogP contribution in [0.4, 0.5) is 0 Å². The summed E-state index contributed by atoms with van der Waals surface area (Å²) in [7, 11) is 1.54. The van der Waals surface area contributed by atoms with E-state index >= 15 is 0 Å². The number of halogens is 2. The van der Waals surface area contributed by atoms with E-state index in [1.54, 1.807) is 48.9 Å². The fourth-order valence-corrected chi connectivity index (χ4v) is 1.76. The molecule has 0 N–H and O–H groups in total. The third kappa shape index (κ3) is 3.79. The number of hydrogen-bond acceptors (Lipinski definition) is 4. The Morgan fingerprint density at radius 1 is 1.15 bits per heavy atom. The van der Waals surface area contributed by atoms with Crippen molar-refractivity contribution in [3.63, 3.8) is 0 Å². The number of rotatable bonds is 3. The zero-order chi connectivity index (χ0) is 14.4. The smallest absolute Gasteiger partial charge is 0.240 e. The molecule has 0 saturated heterocycles. The van der Waals surface area contributed by atoms with E-state index in [0.717, 1.165) is 11.1 Å². The Labute approximate surface area is 126 Å². The molecule has 0 unspecified atom stereocenters. The van der Waals surface area contributed by atoms with E-state index in [2.05, 4.69) is 15.2 Å². The van der Waals surface area contributed by atoms with Crippen molar-refractivity contribution in [1.29, 1.82) is 0 Å². The van der Waals surface area contributed by atoms with Crippen LogP contribution in [-0.2, 0) is 4.74 Å². The summed E-state index contributed by atoms with van der Waals surface area (Å²) in [5.41, 5.74) is 1.60. The van der Waals surface area contributed by atoms with Crippen molar-refractivity contribution in [2.24, 2.45) is 10.2 Å². The zero-order valence-corrected chi connectivity index (χ0v) is 12.1. The molecule has 20 heavy (non-hydrogen) atoms. The quantitative estimate of drug-likeness (QED) is 0.492. The number of aromatic nitrogens is 1. The van der Waals surface area contributed by atoms with Crippen molar-refractivity contribution in [3.05, 3.63) is 63.9 Å². The van der Waals surface area contributed by atoms with Crippen LogP contribution in [0.5, 0.6) is 0 Å². The van der Waals surface area contributed by atoms with Crippen LogP contribution in [0.2, 0.25) is 10.0 Å². The second-order valence-corrected chi connectivity index (χ2v) is 4.58. The van der Waals surface area contributed by atoms with Gasteiger partial charge in [0.05, 0.1) is 23.4 Å². The number of ether oxygens (including phenoxy) is 1. The van der Waals surface area contributed by atoms with Gasteiger partial charge in [-0.1, -0.05) is 29.3 Å². The molecule has 0 radical (unpaired) electrons. The zero-order valence-electron chi connectivity index (χ0n) is 10.6. The van der Waals surface area contributed by atoms with E-state index in [-0.39, 0.29) is 0 Å². The first-order valence-corrected chi connectivity index (χ1v) is 6.47. The molecule has 0 fully saturated rings. The maximum atomic E-state index is 5.92. The SMILES string of the molecule is CO/C(=N/N=C/c1ccc(Cl)c(Cl)c1)c1ccncc1. The lowest BCUT2D eigenvalue weighted by atomic mass is 10.2. The minimum atomic E-state index is 0.406. The predicted molar refractivity (Wildman–Crippen MR) is 81.8 cm³/mol. The number of nitrogens with zero attached hydrogens (tertiary/aromatic N) is 3. The van der Waals surface area contributed by atoms with Crippen LogP contribution >= 0.6 is 23.2 Å². The minimum absolute atomic E-state index is 0.406. The number of hydrogen-bond donors (Lipinski definition) is 0. The summed E-state index contributed by atoms with van der Waals surface area (Å²) in [4.78, 5) is 3.93. The van der Waals surface area contributed by atoms with Crippen molar-refractivity contribution in [1.82, 2.24) is 4.98 Å². The van der Waals surface area contributed by atoms with Crippen LogP contribution in [0.15, 0.2) is 52.9 Å². The highest BCUT2D eigenvalue weighted by atomic mass is 35.5. The molecule has 0 atom stereocenters. The maximum Gasteiger partial charge on any atom is 0.240 e. The van der Waals surface area contributed by atoms with Gasteiger partial charge < -0.3 is 4.74 Å².